The summed E-state index contributed by atoms with van der Waals surface area (Å²) in [7, 11) is 0. The zero-order valence-corrected chi connectivity index (χ0v) is 12.4. The number of para-hydroxylation sites is 1. The Hall–Kier alpha value is -2.33. The molecule has 4 nitrogen and oxygen atoms in total. The monoisotopic (exact) mass is 296 g/mol. The van der Waals surface area contributed by atoms with E-state index in [0.717, 1.165) is 23.4 Å². The normalized spacial score (nSPS) is 17.2. The Morgan fingerprint density at radius 3 is 2.45 bits per heavy atom. The Labute approximate surface area is 130 Å². The largest absolute Gasteiger partial charge is 0.494 e. The highest BCUT2D eigenvalue weighted by molar-refractivity contribution is 6.01. The van der Waals surface area contributed by atoms with E-state index in [4.69, 9.17) is 10.5 Å². The number of ether oxygens (including phenoxy) is 1. The topological polar surface area (TPSA) is 55.6 Å². The Morgan fingerprint density at radius 2 is 1.82 bits per heavy atom. The smallest absolute Gasteiger partial charge is 0.230 e. The van der Waals surface area contributed by atoms with E-state index in [2.05, 4.69) is 0 Å². The molecule has 1 unspecified atom stereocenters. The van der Waals surface area contributed by atoms with Crippen molar-refractivity contribution < 1.29 is 9.53 Å². The van der Waals surface area contributed by atoms with E-state index in [1.165, 1.54) is 0 Å². The predicted octanol–water partition coefficient (Wildman–Crippen LogP) is 2.89. The highest BCUT2D eigenvalue weighted by Crippen LogP contribution is 2.38. The van der Waals surface area contributed by atoms with E-state index >= 15 is 0 Å². The second-order valence-electron chi connectivity index (χ2n) is 5.38. The van der Waals surface area contributed by atoms with Crippen LogP contribution in [-0.4, -0.2) is 19.1 Å². The van der Waals surface area contributed by atoms with Crippen molar-refractivity contribution in [3.05, 3.63) is 60.2 Å². The first-order valence-corrected chi connectivity index (χ1v) is 7.59. The van der Waals surface area contributed by atoms with Gasteiger partial charge in [-0.25, -0.2) is 0 Å². The minimum Gasteiger partial charge on any atom is -0.494 e. The van der Waals surface area contributed by atoms with Crippen LogP contribution in [0.5, 0.6) is 5.75 Å². The third-order valence-electron chi connectivity index (χ3n) is 3.86. The molecule has 2 aromatic carbocycles. The van der Waals surface area contributed by atoms with Crippen molar-refractivity contribution in [3.63, 3.8) is 0 Å². The SMILES string of the molecule is NCCCOc1ccc(C2CC(=O)N2c2ccccc2)cc1. The third-order valence-corrected chi connectivity index (χ3v) is 3.86. The molecule has 4 heteroatoms. The summed E-state index contributed by atoms with van der Waals surface area (Å²) < 4.78 is 5.60. The first-order chi connectivity index (χ1) is 10.8. The van der Waals surface area contributed by atoms with Crippen LogP contribution in [0.4, 0.5) is 5.69 Å². The standard InChI is InChI=1S/C18H20N2O2/c19-11-4-12-22-16-9-7-14(8-10-16)17-13-18(21)20(17)15-5-2-1-3-6-15/h1-3,5-10,17H,4,11-13,19H2. The van der Waals surface area contributed by atoms with Crippen molar-refractivity contribution in [1.82, 2.24) is 0 Å². The molecule has 1 aliphatic heterocycles. The van der Waals surface area contributed by atoms with Gasteiger partial charge in [-0.2, -0.15) is 0 Å². The first-order valence-electron chi connectivity index (χ1n) is 7.59. The van der Waals surface area contributed by atoms with Crippen molar-refractivity contribution in [2.45, 2.75) is 18.9 Å². The molecular weight excluding hydrogens is 276 g/mol. The molecule has 2 aromatic rings. The summed E-state index contributed by atoms with van der Waals surface area (Å²) in [5.74, 6) is 1.01. The van der Waals surface area contributed by atoms with E-state index in [0.29, 0.717) is 19.6 Å². The lowest BCUT2D eigenvalue weighted by Gasteiger charge is -2.40. The van der Waals surface area contributed by atoms with Crippen molar-refractivity contribution in [3.8, 4) is 5.75 Å². The molecule has 0 spiro atoms. The molecule has 1 fully saturated rings. The summed E-state index contributed by atoms with van der Waals surface area (Å²) in [6.45, 7) is 1.27. The summed E-state index contributed by atoms with van der Waals surface area (Å²) in [6.07, 6.45) is 1.41. The lowest BCUT2D eigenvalue weighted by atomic mass is 9.93. The van der Waals surface area contributed by atoms with E-state index in [9.17, 15) is 4.79 Å². The number of carbonyl (C=O) groups excluding carboxylic acids is 1. The number of benzene rings is 2. The van der Waals surface area contributed by atoms with Gasteiger partial charge in [-0.3, -0.25) is 4.79 Å². The van der Waals surface area contributed by atoms with Gasteiger partial charge in [-0.1, -0.05) is 30.3 Å². The number of carbonyl (C=O) groups is 1. The summed E-state index contributed by atoms with van der Waals surface area (Å²) in [4.78, 5) is 13.8. The maximum Gasteiger partial charge on any atom is 0.230 e. The average molecular weight is 296 g/mol. The van der Waals surface area contributed by atoms with Crippen LogP contribution in [0.3, 0.4) is 0 Å². The van der Waals surface area contributed by atoms with Gasteiger partial charge in [-0.05, 0) is 42.8 Å². The molecule has 1 saturated heterocycles. The Kier molecular flexibility index (Phi) is 4.39. The van der Waals surface area contributed by atoms with Crippen molar-refractivity contribution in [1.29, 1.82) is 0 Å². The summed E-state index contributed by atoms with van der Waals surface area (Å²) in [5.41, 5.74) is 7.53. The highest BCUT2D eigenvalue weighted by Gasteiger charge is 2.37. The van der Waals surface area contributed by atoms with Crippen molar-refractivity contribution >= 4 is 11.6 Å². The molecule has 1 atom stereocenters. The Morgan fingerprint density at radius 1 is 1.09 bits per heavy atom. The van der Waals surface area contributed by atoms with Crippen LogP contribution >= 0.6 is 0 Å². The molecule has 1 amide bonds. The van der Waals surface area contributed by atoms with Gasteiger partial charge < -0.3 is 15.4 Å². The number of amides is 1. The lowest BCUT2D eigenvalue weighted by molar-refractivity contribution is -0.124. The van der Waals surface area contributed by atoms with Gasteiger partial charge in [0.1, 0.15) is 5.75 Å². The molecule has 0 aromatic heterocycles. The van der Waals surface area contributed by atoms with E-state index in [1.54, 1.807) is 0 Å². The van der Waals surface area contributed by atoms with Crippen molar-refractivity contribution in [2.24, 2.45) is 5.73 Å². The first kappa shape index (κ1) is 14.6. The fraction of sp³-hybridized carbons (Fsp3) is 0.278. The maximum absolute atomic E-state index is 11.9. The number of nitrogens with zero attached hydrogens (tertiary/aromatic N) is 1. The van der Waals surface area contributed by atoms with Crippen LogP contribution in [0.1, 0.15) is 24.4 Å². The second-order valence-corrected chi connectivity index (χ2v) is 5.38. The number of β-lactam (4-membered cyclic amide) rings is 1. The fourth-order valence-electron chi connectivity index (χ4n) is 2.66. The lowest BCUT2D eigenvalue weighted by Crippen LogP contribution is -2.46. The quantitative estimate of drug-likeness (QED) is 0.658. The summed E-state index contributed by atoms with van der Waals surface area (Å²) in [5, 5.41) is 0. The molecule has 2 N–H and O–H groups in total. The van der Waals surface area contributed by atoms with Crippen molar-refractivity contribution in [2.75, 3.05) is 18.1 Å². The highest BCUT2D eigenvalue weighted by atomic mass is 16.5. The number of hydrogen-bond donors (Lipinski definition) is 1. The predicted molar refractivity (Wildman–Crippen MR) is 86.9 cm³/mol. The van der Waals surface area contributed by atoms with Gasteiger partial charge >= 0.3 is 0 Å². The Bertz CT molecular complexity index is 625. The van der Waals surface area contributed by atoms with Crippen LogP contribution < -0.4 is 15.4 Å². The summed E-state index contributed by atoms with van der Waals surface area (Å²) in [6, 6.07) is 17.9. The van der Waals surface area contributed by atoms with E-state index in [1.807, 2.05) is 59.5 Å². The van der Waals surface area contributed by atoms with Gasteiger partial charge in [0, 0.05) is 5.69 Å². The average Bonchev–Trinajstić information content (AvgIpc) is 2.54. The molecule has 3 rings (SSSR count). The van der Waals surface area contributed by atoms with Crippen LogP contribution in [0, 0.1) is 0 Å². The zero-order valence-electron chi connectivity index (χ0n) is 12.4. The van der Waals surface area contributed by atoms with Crippen LogP contribution in [0.2, 0.25) is 0 Å². The van der Waals surface area contributed by atoms with Crippen LogP contribution in [0.15, 0.2) is 54.6 Å². The van der Waals surface area contributed by atoms with Gasteiger partial charge in [0.05, 0.1) is 19.1 Å². The molecule has 0 saturated carbocycles. The molecular formula is C18H20N2O2. The van der Waals surface area contributed by atoms with Gasteiger partial charge in [-0.15, -0.1) is 0 Å². The Balaban J connectivity index is 1.70. The molecule has 0 radical (unpaired) electrons. The number of anilines is 1. The fourth-order valence-corrected chi connectivity index (χ4v) is 2.66. The minimum atomic E-state index is 0.119. The second kappa shape index (κ2) is 6.62. The third kappa shape index (κ3) is 2.97. The van der Waals surface area contributed by atoms with Crippen LogP contribution in [0.25, 0.3) is 0 Å². The number of hydrogen-bond acceptors (Lipinski definition) is 3. The molecule has 1 heterocycles. The molecule has 0 bridgehead atoms. The van der Waals surface area contributed by atoms with Gasteiger partial charge in [0.2, 0.25) is 5.91 Å². The molecule has 1 aliphatic rings. The summed E-state index contributed by atoms with van der Waals surface area (Å²) >= 11 is 0. The molecule has 0 aliphatic carbocycles. The molecule has 114 valence electrons. The molecule has 22 heavy (non-hydrogen) atoms. The van der Waals surface area contributed by atoms with Crippen LogP contribution in [-0.2, 0) is 4.79 Å². The maximum atomic E-state index is 11.9. The van der Waals surface area contributed by atoms with E-state index in [-0.39, 0.29) is 11.9 Å². The number of nitrogens with two attached hydrogens (primary N) is 1. The van der Waals surface area contributed by atoms with E-state index < -0.39 is 0 Å². The minimum absolute atomic E-state index is 0.119. The zero-order chi connectivity index (χ0) is 15.4. The number of rotatable bonds is 6. The van der Waals surface area contributed by atoms with Gasteiger partial charge in [0.25, 0.3) is 0 Å². The van der Waals surface area contributed by atoms with Gasteiger partial charge in [0.15, 0.2) is 0 Å².